The summed E-state index contributed by atoms with van der Waals surface area (Å²) in [6.07, 6.45) is 4.63. The molecule has 0 N–H and O–H groups in total. The van der Waals surface area contributed by atoms with Gasteiger partial charge in [0.15, 0.2) is 0 Å². The largest absolute Gasteiger partial charge is 0.303 e. The highest BCUT2D eigenvalue weighted by molar-refractivity contribution is 5.76. The van der Waals surface area contributed by atoms with E-state index in [4.69, 9.17) is 0 Å². The van der Waals surface area contributed by atoms with Crippen LogP contribution in [0.2, 0.25) is 0 Å². The van der Waals surface area contributed by atoms with Crippen molar-refractivity contribution >= 4 is 18.6 Å². The summed E-state index contributed by atoms with van der Waals surface area (Å²) in [5.74, 6) is -0.405. The number of halogens is 1. The fourth-order valence-corrected chi connectivity index (χ4v) is 1.01. The molecule has 1 rings (SSSR count). The van der Waals surface area contributed by atoms with Crippen molar-refractivity contribution in [2.45, 2.75) is 6.42 Å². The lowest BCUT2D eigenvalue weighted by molar-refractivity contribution is -0.107. The quantitative estimate of drug-likeness (QED) is 0.685. The zero-order chi connectivity index (χ0) is 10.4. The Bertz CT molecular complexity index is 370. The van der Waals surface area contributed by atoms with Gasteiger partial charge in [-0.3, -0.25) is 4.79 Å². The molecule has 0 spiro atoms. The monoisotopic (exact) mass is 192 g/mol. The molecule has 0 aromatic heterocycles. The van der Waals surface area contributed by atoms with Crippen LogP contribution in [0, 0.1) is 5.82 Å². The van der Waals surface area contributed by atoms with Crippen LogP contribution in [0.4, 0.5) is 4.39 Å². The van der Waals surface area contributed by atoms with Gasteiger partial charge in [-0.25, -0.2) is 4.39 Å². The summed E-state index contributed by atoms with van der Waals surface area (Å²) in [4.78, 5) is 20.4. The van der Waals surface area contributed by atoms with E-state index >= 15 is 0 Å². The maximum Gasteiger partial charge on any atom is 0.150 e. The molecule has 0 aliphatic carbocycles. The molecule has 0 unspecified atom stereocenters. The molecular weight excluding hydrogens is 183 g/mol. The standard InChI is InChI=1S/C11H9FO2/c12-11-5-4-9(8-14)7-10(11)3-1-2-6-13/h1,3-8H,2H2. The molecule has 14 heavy (non-hydrogen) atoms. The lowest BCUT2D eigenvalue weighted by Crippen LogP contribution is -1.86. The van der Waals surface area contributed by atoms with Gasteiger partial charge in [-0.05, 0) is 18.2 Å². The normalized spacial score (nSPS) is 10.4. The van der Waals surface area contributed by atoms with Gasteiger partial charge in [0.1, 0.15) is 18.4 Å². The number of carbonyl (C=O) groups is 2. The number of allylic oxidation sites excluding steroid dienone is 1. The average Bonchev–Trinajstić information content (AvgIpc) is 2.21. The molecule has 0 aliphatic heterocycles. The van der Waals surface area contributed by atoms with E-state index in [1.165, 1.54) is 24.3 Å². The average molecular weight is 192 g/mol. The second kappa shape index (κ2) is 5.07. The molecule has 72 valence electrons. The summed E-state index contributed by atoms with van der Waals surface area (Å²) in [6, 6.07) is 4.06. The Morgan fingerprint density at radius 1 is 1.29 bits per heavy atom. The number of hydrogen-bond donors (Lipinski definition) is 0. The smallest absolute Gasteiger partial charge is 0.150 e. The van der Waals surface area contributed by atoms with E-state index in [1.807, 2.05) is 0 Å². The second-order valence-corrected chi connectivity index (χ2v) is 2.70. The Labute approximate surface area is 81.1 Å². The molecule has 0 aliphatic rings. The van der Waals surface area contributed by atoms with Gasteiger partial charge in [-0.1, -0.05) is 12.2 Å². The number of rotatable bonds is 4. The van der Waals surface area contributed by atoms with Crippen LogP contribution in [-0.4, -0.2) is 12.6 Å². The first kappa shape index (κ1) is 10.3. The van der Waals surface area contributed by atoms with Crippen molar-refractivity contribution in [3.63, 3.8) is 0 Å². The molecule has 0 saturated heterocycles. The van der Waals surface area contributed by atoms with E-state index in [2.05, 4.69) is 0 Å². The summed E-state index contributed by atoms with van der Waals surface area (Å²) in [5.41, 5.74) is 0.730. The molecule has 1 aromatic carbocycles. The van der Waals surface area contributed by atoms with Crippen molar-refractivity contribution in [1.82, 2.24) is 0 Å². The third kappa shape index (κ3) is 2.62. The minimum Gasteiger partial charge on any atom is -0.303 e. The number of aldehydes is 2. The molecule has 3 heteroatoms. The minimum absolute atomic E-state index is 0.241. The summed E-state index contributed by atoms with van der Waals surface area (Å²) < 4.78 is 13.1. The van der Waals surface area contributed by atoms with Crippen LogP contribution in [0.5, 0.6) is 0 Å². The van der Waals surface area contributed by atoms with Crippen molar-refractivity contribution in [1.29, 1.82) is 0 Å². The van der Waals surface area contributed by atoms with Gasteiger partial charge in [0.25, 0.3) is 0 Å². The highest BCUT2D eigenvalue weighted by atomic mass is 19.1. The molecule has 0 amide bonds. The van der Waals surface area contributed by atoms with Crippen molar-refractivity contribution < 1.29 is 14.0 Å². The van der Waals surface area contributed by atoms with Crippen LogP contribution < -0.4 is 0 Å². The van der Waals surface area contributed by atoms with Crippen molar-refractivity contribution in [2.24, 2.45) is 0 Å². The van der Waals surface area contributed by atoms with Crippen LogP contribution in [-0.2, 0) is 4.79 Å². The molecule has 0 saturated carbocycles. The molecule has 0 heterocycles. The van der Waals surface area contributed by atoms with Gasteiger partial charge in [0.2, 0.25) is 0 Å². The molecule has 2 nitrogen and oxygen atoms in total. The first-order valence-corrected chi connectivity index (χ1v) is 4.13. The van der Waals surface area contributed by atoms with E-state index in [-0.39, 0.29) is 6.42 Å². The third-order valence-electron chi connectivity index (χ3n) is 1.69. The predicted octanol–water partition coefficient (Wildman–Crippen LogP) is 2.24. The summed E-state index contributed by atoms with van der Waals surface area (Å²) in [7, 11) is 0. The summed E-state index contributed by atoms with van der Waals surface area (Å²) in [5, 5.41) is 0. The van der Waals surface area contributed by atoms with Crippen LogP contribution >= 0.6 is 0 Å². The zero-order valence-corrected chi connectivity index (χ0v) is 7.44. The van der Waals surface area contributed by atoms with E-state index in [1.54, 1.807) is 6.08 Å². The molecule has 1 aromatic rings. The maximum atomic E-state index is 13.1. The number of hydrogen-bond acceptors (Lipinski definition) is 2. The van der Waals surface area contributed by atoms with Crippen molar-refractivity contribution in [3.8, 4) is 0 Å². The highest BCUT2D eigenvalue weighted by Gasteiger charge is 1.99. The van der Waals surface area contributed by atoms with Crippen LogP contribution in [0.3, 0.4) is 0 Å². The second-order valence-electron chi connectivity index (χ2n) is 2.70. The van der Waals surface area contributed by atoms with Crippen molar-refractivity contribution in [3.05, 3.63) is 41.2 Å². The first-order valence-electron chi connectivity index (χ1n) is 4.13. The molecule has 0 radical (unpaired) electrons. The van der Waals surface area contributed by atoms with Crippen molar-refractivity contribution in [2.75, 3.05) is 0 Å². The maximum absolute atomic E-state index is 13.1. The van der Waals surface area contributed by atoms with Crippen LogP contribution in [0.1, 0.15) is 22.3 Å². The lowest BCUT2D eigenvalue weighted by atomic mass is 10.1. The molecule has 0 bridgehead atoms. The Kier molecular flexibility index (Phi) is 3.73. The fraction of sp³-hybridized carbons (Fsp3) is 0.0909. The van der Waals surface area contributed by atoms with Gasteiger partial charge in [0, 0.05) is 17.5 Å². The van der Waals surface area contributed by atoms with Crippen LogP contribution in [0.25, 0.3) is 6.08 Å². The Balaban J connectivity index is 2.94. The van der Waals surface area contributed by atoms with E-state index in [9.17, 15) is 14.0 Å². The molecular formula is C11H9FO2. The van der Waals surface area contributed by atoms with Gasteiger partial charge in [0.05, 0.1) is 0 Å². The van der Waals surface area contributed by atoms with Crippen LogP contribution in [0.15, 0.2) is 24.3 Å². The van der Waals surface area contributed by atoms with E-state index < -0.39 is 5.82 Å². The predicted molar refractivity (Wildman–Crippen MR) is 51.5 cm³/mol. The zero-order valence-electron chi connectivity index (χ0n) is 7.44. The van der Waals surface area contributed by atoms with Gasteiger partial charge in [-0.15, -0.1) is 0 Å². The van der Waals surface area contributed by atoms with E-state index in [0.29, 0.717) is 17.4 Å². The molecule has 0 atom stereocenters. The van der Waals surface area contributed by atoms with Gasteiger partial charge < -0.3 is 4.79 Å². The molecule has 0 fully saturated rings. The Morgan fingerprint density at radius 2 is 2.07 bits per heavy atom. The SMILES string of the molecule is O=CCC=Cc1cc(C=O)ccc1F. The minimum atomic E-state index is -0.405. The first-order chi connectivity index (χ1) is 6.77. The van der Waals surface area contributed by atoms with Gasteiger partial charge >= 0.3 is 0 Å². The summed E-state index contributed by atoms with van der Waals surface area (Å²) in [6.45, 7) is 0. The topological polar surface area (TPSA) is 34.1 Å². The number of benzene rings is 1. The Hall–Kier alpha value is -1.77. The fourth-order valence-electron chi connectivity index (χ4n) is 1.01. The highest BCUT2D eigenvalue weighted by Crippen LogP contribution is 2.11. The lowest BCUT2D eigenvalue weighted by Gasteiger charge is -1.97. The summed E-state index contributed by atoms with van der Waals surface area (Å²) >= 11 is 0. The van der Waals surface area contributed by atoms with E-state index in [0.717, 1.165) is 6.29 Å². The Morgan fingerprint density at radius 3 is 2.71 bits per heavy atom. The number of carbonyl (C=O) groups excluding carboxylic acids is 2. The van der Waals surface area contributed by atoms with Gasteiger partial charge in [-0.2, -0.15) is 0 Å². The third-order valence-corrected chi connectivity index (χ3v) is 1.69.